The van der Waals surface area contributed by atoms with Gasteiger partial charge in [0.1, 0.15) is 5.82 Å². The van der Waals surface area contributed by atoms with Gasteiger partial charge in [0.05, 0.1) is 0 Å². The van der Waals surface area contributed by atoms with Crippen LogP contribution in [-0.4, -0.2) is 19.0 Å². The summed E-state index contributed by atoms with van der Waals surface area (Å²) in [7, 11) is 0. The number of anilines is 1. The zero-order chi connectivity index (χ0) is 12.2. The van der Waals surface area contributed by atoms with E-state index in [1.807, 2.05) is 0 Å². The molecule has 6 heteroatoms. The molecule has 0 aliphatic rings. The van der Waals surface area contributed by atoms with Gasteiger partial charge in [-0.05, 0) is 31.2 Å². The van der Waals surface area contributed by atoms with Gasteiger partial charge in [0, 0.05) is 12.3 Å². The van der Waals surface area contributed by atoms with E-state index in [0.29, 0.717) is 0 Å². The fourth-order valence-corrected chi connectivity index (χ4v) is 1.08. The molecule has 0 heterocycles. The molecule has 0 amide bonds. The lowest BCUT2D eigenvalue weighted by molar-refractivity contribution is -0.209. The monoisotopic (exact) mass is 237 g/mol. The number of ether oxygens (including phenoxy) is 1. The molecule has 90 valence electrons. The minimum atomic E-state index is -4.51. The number of nitrogens with one attached hydrogen (secondary N) is 1. The first-order valence-electron chi connectivity index (χ1n) is 4.64. The topological polar surface area (TPSA) is 21.3 Å². The van der Waals surface area contributed by atoms with E-state index >= 15 is 0 Å². The maximum absolute atomic E-state index is 12.5. The Labute approximate surface area is 90.2 Å². The highest BCUT2D eigenvalue weighted by Crippen LogP contribution is 2.24. The number of rotatable bonds is 4. The Balaban J connectivity index is 2.72. The van der Waals surface area contributed by atoms with Crippen LogP contribution in [0.15, 0.2) is 24.3 Å². The SMILES string of the molecule is CCOC(Nc1ccc(F)cc1)C(F)(F)F. The maximum atomic E-state index is 12.5. The van der Waals surface area contributed by atoms with Gasteiger partial charge in [0.25, 0.3) is 0 Å². The van der Waals surface area contributed by atoms with Gasteiger partial charge in [0.2, 0.25) is 6.23 Å². The molecule has 0 saturated heterocycles. The van der Waals surface area contributed by atoms with Crippen LogP contribution in [-0.2, 0) is 4.74 Å². The molecule has 1 aromatic rings. The Kier molecular flexibility index (Phi) is 4.12. The Morgan fingerprint density at radius 3 is 2.25 bits per heavy atom. The van der Waals surface area contributed by atoms with Crippen LogP contribution in [0.4, 0.5) is 23.2 Å². The van der Waals surface area contributed by atoms with E-state index in [1.165, 1.54) is 19.1 Å². The first-order chi connectivity index (χ1) is 7.43. The lowest BCUT2D eigenvalue weighted by Gasteiger charge is -2.22. The van der Waals surface area contributed by atoms with E-state index in [0.717, 1.165) is 12.1 Å². The summed E-state index contributed by atoms with van der Waals surface area (Å²) in [4.78, 5) is 0. The maximum Gasteiger partial charge on any atom is 0.433 e. The molecule has 2 nitrogen and oxygen atoms in total. The summed E-state index contributed by atoms with van der Waals surface area (Å²) >= 11 is 0. The Morgan fingerprint density at radius 2 is 1.81 bits per heavy atom. The van der Waals surface area contributed by atoms with E-state index in [2.05, 4.69) is 10.1 Å². The van der Waals surface area contributed by atoms with E-state index in [9.17, 15) is 17.6 Å². The summed E-state index contributed by atoms with van der Waals surface area (Å²) in [5.74, 6) is -0.509. The molecule has 1 unspecified atom stereocenters. The second-order valence-corrected chi connectivity index (χ2v) is 3.03. The summed E-state index contributed by atoms with van der Waals surface area (Å²) in [5.41, 5.74) is 0.150. The number of hydrogen-bond acceptors (Lipinski definition) is 2. The molecular weight excluding hydrogens is 226 g/mol. The van der Waals surface area contributed by atoms with Crippen molar-refractivity contribution in [3.63, 3.8) is 0 Å². The standard InChI is InChI=1S/C10H11F4NO/c1-2-16-9(10(12,13)14)15-8-5-3-7(11)4-6-8/h3-6,9,15H,2H2,1H3. The first-order valence-corrected chi connectivity index (χ1v) is 4.64. The lowest BCUT2D eigenvalue weighted by Crippen LogP contribution is -2.38. The smallest absolute Gasteiger partial charge is 0.353 e. The quantitative estimate of drug-likeness (QED) is 0.641. The molecule has 1 rings (SSSR count). The summed E-state index contributed by atoms with van der Waals surface area (Å²) in [5, 5.41) is 2.13. The average Bonchev–Trinajstić information content (AvgIpc) is 2.19. The molecule has 0 aliphatic carbocycles. The van der Waals surface area contributed by atoms with Gasteiger partial charge in [-0.25, -0.2) is 4.39 Å². The second-order valence-electron chi connectivity index (χ2n) is 3.03. The minimum Gasteiger partial charge on any atom is -0.353 e. The zero-order valence-electron chi connectivity index (χ0n) is 8.51. The molecule has 0 fully saturated rings. The lowest BCUT2D eigenvalue weighted by atomic mass is 10.3. The molecule has 1 aromatic carbocycles. The molecule has 0 radical (unpaired) electrons. The third kappa shape index (κ3) is 3.69. The van der Waals surface area contributed by atoms with E-state index in [1.54, 1.807) is 0 Å². The third-order valence-corrected chi connectivity index (χ3v) is 1.77. The molecule has 0 aromatic heterocycles. The highest BCUT2D eigenvalue weighted by Gasteiger charge is 2.40. The van der Waals surface area contributed by atoms with Crippen molar-refractivity contribution in [2.75, 3.05) is 11.9 Å². The zero-order valence-corrected chi connectivity index (χ0v) is 8.51. The Bertz CT molecular complexity index is 323. The van der Waals surface area contributed by atoms with Gasteiger partial charge in [0.15, 0.2) is 0 Å². The van der Waals surface area contributed by atoms with Crippen LogP contribution in [0.5, 0.6) is 0 Å². The second kappa shape index (κ2) is 5.16. The fourth-order valence-electron chi connectivity index (χ4n) is 1.08. The van der Waals surface area contributed by atoms with E-state index in [-0.39, 0.29) is 12.3 Å². The van der Waals surface area contributed by atoms with E-state index in [4.69, 9.17) is 0 Å². The normalized spacial score (nSPS) is 13.6. The first kappa shape index (κ1) is 12.8. The predicted octanol–water partition coefficient (Wildman–Crippen LogP) is 3.16. The number of benzene rings is 1. The molecule has 0 saturated carbocycles. The van der Waals surface area contributed by atoms with Gasteiger partial charge >= 0.3 is 6.18 Å². The van der Waals surface area contributed by atoms with Crippen LogP contribution in [0.3, 0.4) is 0 Å². The largest absolute Gasteiger partial charge is 0.433 e. The van der Waals surface area contributed by atoms with Gasteiger partial charge in [-0.2, -0.15) is 13.2 Å². The molecule has 0 bridgehead atoms. The van der Waals surface area contributed by atoms with Gasteiger partial charge in [-0.1, -0.05) is 0 Å². The third-order valence-electron chi connectivity index (χ3n) is 1.77. The van der Waals surface area contributed by atoms with Crippen LogP contribution < -0.4 is 5.32 Å². The molecule has 16 heavy (non-hydrogen) atoms. The number of alkyl halides is 3. The summed E-state index contributed by atoms with van der Waals surface area (Å²) in [6.45, 7) is 1.39. The van der Waals surface area contributed by atoms with Crippen molar-refractivity contribution >= 4 is 5.69 Å². The summed E-state index contributed by atoms with van der Waals surface area (Å²) < 4.78 is 54.3. The van der Waals surface area contributed by atoms with Gasteiger partial charge in [-0.15, -0.1) is 0 Å². The van der Waals surface area contributed by atoms with Gasteiger partial charge < -0.3 is 10.1 Å². The van der Waals surface area contributed by atoms with E-state index < -0.39 is 18.2 Å². The van der Waals surface area contributed by atoms with Crippen molar-refractivity contribution in [3.8, 4) is 0 Å². The average molecular weight is 237 g/mol. The molecule has 1 N–H and O–H groups in total. The van der Waals surface area contributed by atoms with Crippen LogP contribution in [0, 0.1) is 5.82 Å². The molecular formula is C10H11F4NO. The minimum absolute atomic E-state index is 0.0711. The Morgan fingerprint density at radius 1 is 1.25 bits per heavy atom. The van der Waals surface area contributed by atoms with Crippen molar-refractivity contribution in [2.45, 2.75) is 19.3 Å². The van der Waals surface area contributed by atoms with Gasteiger partial charge in [-0.3, -0.25) is 0 Å². The van der Waals surface area contributed by atoms with Crippen molar-refractivity contribution in [1.29, 1.82) is 0 Å². The van der Waals surface area contributed by atoms with Crippen molar-refractivity contribution < 1.29 is 22.3 Å². The Hall–Kier alpha value is -1.30. The van der Waals surface area contributed by atoms with Crippen molar-refractivity contribution in [2.24, 2.45) is 0 Å². The number of hydrogen-bond donors (Lipinski definition) is 1. The van der Waals surface area contributed by atoms with Crippen LogP contribution in [0.25, 0.3) is 0 Å². The number of halogens is 4. The molecule has 1 atom stereocenters. The highest BCUT2D eigenvalue weighted by atomic mass is 19.4. The van der Waals surface area contributed by atoms with Crippen molar-refractivity contribution in [3.05, 3.63) is 30.1 Å². The molecule has 0 aliphatic heterocycles. The fraction of sp³-hybridized carbons (Fsp3) is 0.400. The predicted molar refractivity (Wildman–Crippen MR) is 51.5 cm³/mol. The highest BCUT2D eigenvalue weighted by molar-refractivity contribution is 5.43. The molecule has 0 spiro atoms. The van der Waals surface area contributed by atoms with Crippen molar-refractivity contribution in [1.82, 2.24) is 0 Å². The summed E-state index contributed by atoms with van der Waals surface area (Å²) in [6.07, 6.45) is -6.59. The summed E-state index contributed by atoms with van der Waals surface area (Å²) in [6, 6.07) is 4.57. The van der Waals surface area contributed by atoms with Crippen LogP contribution in [0.1, 0.15) is 6.92 Å². The van der Waals surface area contributed by atoms with Crippen LogP contribution >= 0.6 is 0 Å². The van der Waals surface area contributed by atoms with Crippen LogP contribution in [0.2, 0.25) is 0 Å².